The van der Waals surface area contributed by atoms with Gasteiger partial charge in [-0.3, -0.25) is 14.1 Å². The van der Waals surface area contributed by atoms with Crippen molar-refractivity contribution in [2.75, 3.05) is 32.3 Å². The minimum absolute atomic E-state index is 0.0711. The molecule has 6 nitrogen and oxygen atoms in total. The van der Waals surface area contributed by atoms with E-state index in [0.29, 0.717) is 10.9 Å². The molecule has 0 fully saturated rings. The van der Waals surface area contributed by atoms with Crippen LogP contribution in [-0.2, 0) is 19.1 Å². The summed E-state index contributed by atoms with van der Waals surface area (Å²) in [6, 6.07) is 17.2. The minimum Gasteiger partial charge on any atom is -0.460 e. The summed E-state index contributed by atoms with van der Waals surface area (Å²) in [6.45, 7) is 12.8. The summed E-state index contributed by atoms with van der Waals surface area (Å²) in [5.41, 5.74) is 1.88. The van der Waals surface area contributed by atoms with Crippen LogP contribution in [0.3, 0.4) is 0 Å². The fraction of sp³-hybridized carbons (Fsp3) is 0.533. The number of hydrogen-bond acceptors (Lipinski definition) is 6. The number of nitrogens with zero attached hydrogens (tertiary/aromatic N) is 2. The maximum atomic E-state index is 13.1. The number of esters is 2. The Morgan fingerprint density at radius 1 is 0.946 bits per heavy atom. The van der Waals surface area contributed by atoms with E-state index in [4.69, 9.17) is 9.47 Å². The maximum absolute atomic E-state index is 13.1. The molecular formula is C30H43N2O4S+. The first-order valence-electron chi connectivity index (χ1n) is 13.1. The number of fused-ring (bicyclic) bond motifs is 2. The van der Waals surface area contributed by atoms with E-state index in [1.807, 2.05) is 34.6 Å². The van der Waals surface area contributed by atoms with Crippen molar-refractivity contribution in [3.63, 3.8) is 0 Å². The summed E-state index contributed by atoms with van der Waals surface area (Å²) < 4.78 is 11.8. The fourth-order valence-corrected chi connectivity index (χ4v) is 5.41. The van der Waals surface area contributed by atoms with Crippen LogP contribution < -0.4 is 4.90 Å². The number of benzene rings is 2. The number of carbonyl (C=O) groups is 2. The van der Waals surface area contributed by atoms with Crippen LogP contribution in [0, 0.1) is 11.8 Å². The predicted octanol–water partition coefficient (Wildman–Crippen LogP) is 6.65. The lowest BCUT2D eigenvalue weighted by atomic mass is 9.91. The molecule has 2 atom stereocenters. The molecule has 2 aromatic carbocycles. The van der Waals surface area contributed by atoms with Gasteiger partial charge in [-0.15, -0.1) is 0 Å². The average molecular weight is 528 g/mol. The Morgan fingerprint density at radius 3 is 2.00 bits per heavy atom. The molecular weight excluding hydrogens is 484 g/mol. The van der Waals surface area contributed by atoms with Gasteiger partial charge in [0.25, 0.3) is 0 Å². The number of likely N-dealkylation sites (N-methyl/N-ethyl adjacent to an activating group) is 1. The Hall–Kier alpha value is -2.51. The Morgan fingerprint density at radius 2 is 1.49 bits per heavy atom. The molecule has 202 valence electrons. The molecule has 7 heteroatoms. The third kappa shape index (κ3) is 7.74. The summed E-state index contributed by atoms with van der Waals surface area (Å²) >= 11 is 1.80. The van der Waals surface area contributed by atoms with E-state index >= 15 is 0 Å². The lowest BCUT2D eigenvalue weighted by Crippen LogP contribution is -2.53. The van der Waals surface area contributed by atoms with E-state index in [1.165, 1.54) is 21.2 Å². The quantitative estimate of drug-likeness (QED) is 0.196. The predicted molar refractivity (Wildman–Crippen MR) is 150 cm³/mol. The number of hydrogen-bond donors (Lipinski definition) is 0. The summed E-state index contributed by atoms with van der Waals surface area (Å²) in [6.07, 6.45) is 0.628. The van der Waals surface area contributed by atoms with Gasteiger partial charge in [0.1, 0.15) is 11.6 Å². The molecule has 0 aliphatic carbocycles. The van der Waals surface area contributed by atoms with Gasteiger partial charge in [0, 0.05) is 16.2 Å². The van der Waals surface area contributed by atoms with Gasteiger partial charge < -0.3 is 14.4 Å². The van der Waals surface area contributed by atoms with Crippen LogP contribution in [0.5, 0.6) is 0 Å². The lowest BCUT2D eigenvalue weighted by molar-refractivity contribution is -0.927. The summed E-state index contributed by atoms with van der Waals surface area (Å²) in [4.78, 5) is 30.1. The van der Waals surface area contributed by atoms with Gasteiger partial charge in [-0.25, -0.2) is 0 Å². The number of carbonyl (C=O) groups excluding carboxylic acids is 2. The highest BCUT2D eigenvalue weighted by atomic mass is 32.2. The number of anilines is 2. The normalized spacial score (nSPS) is 15.0. The van der Waals surface area contributed by atoms with Crippen LogP contribution in [-0.4, -0.2) is 55.4 Å². The topological polar surface area (TPSA) is 55.8 Å². The first-order valence-corrected chi connectivity index (χ1v) is 13.9. The smallest absolute Gasteiger partial charge is 0.313 e. The largest absolute Gasteiger partial charge is 0.460 e. The van der Waals surface area contributed by atoms with Gasteiger partial charge >= 0.3 is 11.9 Å². The van der Waals surface area contributed by atoms with Crippen LogP contribution >= 0.6 is 11.8 Å². The molecule has 0 radical (unpaired) electrons. The summed E-state index contributed by atoms with van der Waals surface area (Å²) in [7, 11) is 4.19. The molecule has 1 heterocycles. The van der Waals surface area contributed by atoms with Gasteiger partial charge in [-0.05, 0) is 64.3 Å². The van der Waals surface area contributed by atoms with Gasteiger partial charge in [0.2, 0.25) is 6.73 Å². The van der Waals surface area contributed by atoms with Gasteiger partial charge in [0.05, 0.1) is 37.9 Å². The monoisotopic (exact) mass is 527 g/mol. The number of quaternary nitrogens is 1. The molecule has 0 aromatic heterocycles. The van der Waals surface area contributed by atoms with Crippen LogP contribution in [0.15, 0.2) is 58.3 Å². The molecule has 1 aliphatic rings. The van der Waals surface area contributed by atoms with Crippen molar-refractivity contribution < 1.29 is 23.5 Å². The Bertz CT molecular complexity index is 1050. The van der Waals surface area contributed by atoms with E-state index in [1.54, 1.807) is 11.8 Å². The molecule has 0 saturated carbocycles. The van der Waals surface area contributed by atoms with E-state index in [-0.39, 0.29) is 43.0 Å². The summed E-state index contributed by atoms with van der Waals surface area (Å²) in [5.74, 6) is -0.805. The first kappa shape index (κ1) is 29.1. The molecule has 0 N–H and O–H groups in total. The SMILES string of the molecule is CC(C)C(CCC(=O)OC(C)(C)C)C(=O)OC[N+](C)(C)C(C)CN1c2ccccc2Sc2ccccc21. The van der Waals surface area contributed by atoms with Crippen molar-refractivity contribution in [2.24, 2.45) is 11.8 Å². The highest BCUT2D eigenvalue weighted by Gasteiger charge is 2.33. The molecule has 0 saturated heterocycles. The number of para-hydroxylation sites is 2. The lowest BCUT2D eigenvalue weighted by Gasteiger charge is -2.40. The zero-order valence-corrected chi connectivity index (χ0v) is 24.4. The molecule has 2 unspecified atom stereocenters. The number of rotatable bonds is 10. The van der Waals surface area contributed by atoms with Crippen LogP contribution in [0.1, 0.15) is 54.4 Å². The van der Waals surface area contributed by atoms with Crippen molar-refractivity contribution in [3.05, 3.63) is 48.5 Å². The van der Waals surface area contributed by atoms with E-state index in [2.05, 4.69) is 74.4 Å². The second kappa shape index (κ2) is 11.9. The van der Waals surface area contributed by atoms with Crippen molar-refractivity contribution in [3.8, 4) is 0 Å². The van der Waals surface area contributed by atoms with E-state index < -0.39 is 5.60 Å². The zero-order chi connectivity index (χ0) is 27.4. The van der Waals surface area contributed by atoms with Crippen molar-refractivity contribution in [1.29, 1.82) is 0 Å². The maximum Gasteiger partial charge on any atom is 0.313 e. The first-order chi connectivity index (χ1) is 17.3. The Kier molecular flexibility index (Phi) is 9.35. The highest BCUT2D eigenvalue weighted by Crippen LogP contribution is 2.48. The van der Waals surface area contributed by atoms with E-state index in [9.17, 15) is 9.59 Å². The van der Waals surface area contributed by atoms with Crippen LogP contribution in [0.4, 0.5) is 11.4 Å². The Balaban J connectivity index is 1.64. The Labute approximate surface area is 226 Å². The van der Waals surface area contributed by atoms with Crippen molar-refractivity contribution >= 4 is 35.1 Å². The molecule has 0 spiro atoms. The molecule has 3 rings (SSSR count). The van der Waals surface area contributed by atoms with Crippen molar-refractivity contribution in [2.45, 2.75) is 75.8 Å². The number of ether oxygens (including phenoxy) is 2. The second-order valence-electron chi connectivity index (χ2n) is 11.8. The summed E-state index contributed by atoms with van der Waals surface area (Å²) in [5, 5.41) is 0. The van der Waals surface area contributed by atoms with Gasteiger partial charge in [-0.1, -0.05) is 49.9 Å². The molecule has 0 bridgehead atoms. The molecule has 0 amide bonds. The van der Waals surface area contributed by atoms with Crippen molar-refractivity contribution in [1.82, 2.24) is 0 Å². The fourth-order valence-electron chi connectivity index (χ4n) is 4.32. The molecule has 1 aliphatic heterocycles. The molecule has 37 heavy (non-hydrogen) atoms. The minimum atomic E-state index is -0.531. The third-order valence-electron chi connectivity index (χ3n) is 6.90. The van der Waals surface area contributed by atoms with E-state index in [0.717, 1.165) is 6.54 Å². The van der Waals surface area contributed by atoms with Crippen LogP contribution in [0.25, 0.3) is 0 Å². The van der Waals surface area contributed by atoms with Gasteiger partial charge in [-0.2, -0.15) is 0 Å². The standard InChI is InChI=1S/C30H43N2O4S/c1-21(2)23(17-18-28(33)36-30(4,5)6)29(34)35-20-32(7,8)22(3)19-31-24-13-9-11-15-26(24)37-27-16-12-10-14-25(27)31/h9-16,21-23H,17-20H2,1-8H3/q+1. The second-order valence-corrected chi connectivity index (χ2v) is 12.9. The van der Waals surface area contributed by atoms with Gasteiger partial charge in [0.15, 0.2) is 0 Å². The average Bonchev–Trinajstić information content (AvgIpc) is 2.81. The molecule has 2 aromatic rings. The van der Waals surface area contributed by atoms with Crippen LogP contribution in [0.2, 0.25) is 0 Å². The zero-order valence-electron chi connectivity index (χ0n) is 23.6. The highest BCUT2D eigenvalue weighted by molar-refractivity contribution is 7.99. The third-order valence-corrected chi connectivity index (χ3v) is 8.03.